The highest BCUT2D eigenvalue weighted by atomic mass is 35.5. The summed E-state index contributed by atoms with van der Waals surface area (Å²) in [6, 6.07) is 14.6. The van der Waals surface area contributed by atoms with Crippen molar-refractivity contribution in [2.45, 2.75) is 0 Å². The first kappa shape index (κ1) is 19.0. The summed E-state index contributed by atoms with van der Waals surface area (Å²) in [5.74, 6) is -1.32. The van der Waals surface area contributed by atoms with E-state index in [0.29, 0.717) is 10.7 Å². The maximum absolute atomic E-state index is 13.0. The number of nitro groups is 1. The van der Waals surface area contributed by atoms with E-state index >= 15 is 0 Å². The molecular weight excluding hydrogens is 384 g/mol. The van der Waals surface area contributed by atoms with Gasteiger partial charge in [0.15, 0.2) is 0 Å². The van der Waals surface area contributed by atoms with Crippen LogP contribution in [0.4, 0.5) is 11.4 Å². The Kier molecular flexibility index (Phi) is 5.61. The molecule has 0 bridgehead atoms. The minimum Gasteiger partial charge on any atom is -0.867 e. The topological polar surface area (TPSA) is 112 Å². The van der Waals surface area contributed by atoms with Crippen LogP contribution in [0, 0.1) is 10.1 Å². The molecule has 0 saturated carbocycles. The van der Waals surface area contributed by atoms with E-state index in [1.54, 1.807) is 36.4 Å². The predicted octanol–water partition coefficient (Wildman–Crippen LogP) is 2.26. The monoisotopic (exact) mass is 396 g/mol. The van der Waals surface area contributed by atoms with E-state index in [-0.39, 0.29) is 16.9 Å². The number of aromatic nitrogens is 2. The van der Waals surface area contributed by atoms with Crippen LogP contribution in [0.1, 0.15) is 5.56 Å². The number of carbonyl (C=O) groups is 1. The van der Waals surface area contributed by atoms with Crippen LogP contribution in [0.2, 0.25) is 5.02 Å². The van der Waals surface area contributed by atoms with Crippen molar-refractivity contribution in [1.29, 1.82) is 0 Å². The van der Waals surface area contributed by atoms with Crippen LogP contribution in [0.15, 0.2) is 73.1 Å². The molecule has 3 aromatic rings. The van der Waals surface area contributed by atoms with Crippen LogP contribution in [0.5, 0.6) is 0 Å². The summed E-state index contributed by atoms with van der Waals surface area (Å²) in [6.07, 6.45) is 2.89. The average molecular weight is 397 g/mol. The van der Waals surface area contributed by atoms with Gasteiger partial charge in [0, 0.05) is 28.9 Å². The second-order valence-corrected chi connectivity index (χ2v) is 6.02. The molecule has 0 unspecified atom stereocenters. The third-order valence-corrected chi connectivity index (χ3v) is 3.97. The number of anilines is 1. The van der Waals surface area contributed by atoms with Gasteiger partial charge in [-0.05, 0) is 63.6 Å². The molecule has 1 N–H and O–H groups in total. The normalized spacial score (nSPS) is 11.5. The first-order valence-electron chi connectivity index (χ1n) is 8.02. The highest BCUT2D eigenvalue weighted by Crippen LogP contribution is 2.20. The fraction of sp³-hybridized carbons (Fsp3) is 0. The Morgan fingerprint density at radius 2 is 1.75 bits per heavy atom. The standard InChI is InChI=1S/C19H13ClN4O4/c20-14-5-7-15(8-6-14)22-19(26)17(23-12-2-1-11-21-23)18(25)13-3-9-16(10-4-13)24(27)28/h1-12H,(H-,21,22,25,26). The van der Waals surface area contributed by atoms with Gasteiger partial charge in [0.25, 0.3) is 11.4 Å². The van der Waals surface area contributed by atoms with E-state index in [1.807, 2.05) is 0 Å². The number of rotatable bonds is 5. The first-order valence-corrected chi connectivity index (χ1v) is 8.40. The summed E-state index contributed by atoms with van der Waals surface area (Å²) < 4.78 is 1.15. The summed E-state index contributed by atoms with van der Waals surface area (Å²) in [5, 5.41) is 30.9. The number of nitrogens with zero attached hydrogens (tertiary/aromatic N) is 3. The Morgan fingerprint density at radius 3 is 2.32 bits per heavy atom. The number of halogens is 1. The molecule has 3 rings (SSSR count). The van der Waals surface area contributed by atoms with Crippen LogP contribution in [-0.2, 0) is 4.79 Å². The number of amides is 1. The molecule has 2 aromatic carbocycles. The van der Waals surface area contributed by atoms with E-state index in [9.17, 15) is 20.0 Å². The Balaban J connectivity index is 2.03. The second-order valence-electron chi connectivity index (χ2n) is 5.59. The summed E-state index contributed by atoms with van der Waals surface area (Å²) in [5.41, 5.74) is 0.142. The van der Waals surface area contributed by atoms with Gasteiger partial charge in [-0.2, -0.15) is 0 Å². The van der Waals surface area contributed by atoms with Gasteiger partial charge in [0.2, 0.25) is 6.20 Å². The van der Waals surface area contributed by atoms with Crippen LogP contribution in [-0.4, -0.2) is 15.9 Å². The predicted molar refractivity (Wildman–Crippen MR) is 101 cm³/mol. The third-order valence-electron chi connectivity index (χ3n) is 3.72. The molecule has 0 aliphatic rings. The number of non-ortho nitro benzene ring substituents is 1. The van der Waals surface area contributed by atoms with Crippen molar-refractivity contribution in [3.8, 4) is 0 Å². The van der Waals surface area contributed by atoms with Gasteiger partial charge >= 0.3 is 5.91 Å². The Bertz CT molecular complexity index is 1040. The molecule has 0 atom stereocenters. The maximum atomic E-state index is 13.0. The minimum atomic E-state index is -0.686. The Morgan fingerprint density at radius 1 is 1.07 bits per heavy atom. The molecule has 1 aromatic heterocycles. The lowest BCUT2D eigenvalue weighted by molar-refractivity contribution is -0.643. The van der Waals surface area contributed by atoms with E-state index < -0.39 is 16.6 Å². The zero-order valence-corrected chi connectivity index (χ0v) is 15.0. The molecule has 0 fully saturated rings. The maximum Gasteiger partial charge on any atom is 0.322 e. The van der Waals surface area contributed by atoms with E-state index in [4.69, 9.17) is 11.6 Å². The number of nitrogens with one attached hydrogen (secondary N) is 1. The fourth-order valence-electron chi connectivity index (χ4n) is 2.37. The largest absolute Gasteiger partial charge is 0.867 e. The average Bonchev–Trinajstić information content (AvgIpc) is 2.70. The highest BCUT2D eigenvalue weighted by Gasteiger charge is 2.24. The third kappa shape index (κ3) is 4.30. The van der Waals surface area contributed by atoms with Gasteiger partial charge in [-0.1, -0.05) is 11.6 Å². The van der Waals surface area contributed by atoms with Crippen molar-refractivity contribution in [2.24, 2.45) is 0 Å². The number of hydrogen-bond donors (Lipinski definition) is 1. The molecule has 8 nitrogen and oxygen atoms in total. The molecule has 9 heteroatoms. The smallest absolute Gasteiger partial charge is 0.322 e. The number of nitro benzene ring substituents is 1. The molecule has 0 saturated heterocycles. The fourth-order valence-corrected chi connectivity index (χ4v) is 2.49. The number of benzene rings is 2. The zero-order chi connectivity index (χ0) is 20.1. The summed E-state index contributed by atoms with van der Waals surface area (Å²) in [4.78, 5) is 23.0. The van der Waals surface area contributed by atoms with Crippen LogP contribution < -0.4 is 15.1 Å². The first-order chi connectivity index (χ1) is 13.5. The molecule has 0 spiro atoms. The zero-order valence-electron chi connectivity index (χ0n) is 14.3. The summed E-state index contributed by atoms with van der Waals surface area (Å²) in [6.45, 7) is 0. The van der Waals surface area contributed by atoms with Crippen molar-refractivity contribution in [1.82, 2.24) is 5.10 Å². The molecule has 1 heterocycles. The SMILES string of the molecule is O=C(Nc1ccc(Cl)cc1)/C(=C(\[O-])c1ccc([N+](=O)[O-])cc1)[n+]1ccccn1. The molecule has 0 aliphatic heterocycles. The summed E-state index contributed by atoms with van der Waals surface area (Å²) in [7, 11) is 0. The van der Waals surface area contributed by atoms with Gasteiger partial charge in [-0.25, -0.2) is 0 Å². The van der Waals surface area contributed by atoms with Crippen LogP contribution in [0.25, 0.3) is 11.5 Å². The molecule has 1 amide bonds. The Labute approximate surface area is 164 Å². The molecule has 0 radical (unpaired) electrons. The van der Waals surface area contributed by atoms with Crippen LogP contribution >= 0.6 is 11.6 Å². The quantitative estimate of drug-likeness (QED) is 0.234. The summed E-state index contributed by atoms with van der Waals surface area (Å²) >= 11 is 5.84. The number of hydrogen-bond acceptors (Lipinski definition) is 5. The van der Waals surface area contributed by atoms with Gasteiger partial charge in [0.1, 0.15) is 0 Å². The van der Waals surface area contributed by atoms with Gasteiger partial charge in [-0.3, -0.25) is 14.9 Å². The minimum absolute atomic E-state index is 0.116. The van der Waals surface area contributed by atoms with E-state index in [1.165, 1.54) is 36.7 Å². The van der Waals surface area contributed by atoms with Gasteiger partial charge in [0.05, 0.1) is 11.1 Å². The molecule has 0 aliphatic carbocycles. The lowest BCUT2D eigenvalue weighted by Gasteiger charge is -2.14. The molecular formula is C19H13ClN4O4. The van der Waals surface area contributed by atoms with Crippen molar-refractivity contribution in [3.63, 3.8) is 0 Å². The second kappa shape index (κ2) is 8.28. The van der Waals surface area contributed by atoms with Crippen molar-refractivity contribution < 1.29 is 19.5 Å². The lowest BCUT2D eigenvalue weighted by Crippen LogP contribution is -2.43. The van der Waals surface area contributed by atoms with Crippen molar-refractivity contribution in [2.75, 3.05) is 5.32 Å². The Hall–Kier alpha value is -3.78. The van der Waals surface area contributed by atoms with E-state index in [2.05, 4.69) is 10.4 Å². The van der Waals surface area contributed by atoms with E-state index in [0.717, 1.165) is 4.68 Å². The van der Waals surface area contributed by atoms with Crippen molar-refractivity contribution >= 4 is 40.3 Å². The van der Waals surface area contributed by atoms with Gasteiger partial charge in [-0.15, -0.1) is 0 Å². The van der Waals surface area contributed by atoms with Crippen LogP contribution in [0.3, 0.4) is 0 Å². The number of carbonyl (C=O) groups excluding carboxylic acids is 1. The molecule has 28 heavy (non-hydrogen) atoms. The van der Waals surface area contributed by atoms with Crippen molar-refractivity contribution in [3.05, 3.63) is 93.8 Å². The molecule has 140 valence electrons. The lowest BCUT2D eigenvalue weighted by atomic mass is 10.1. The van der Waals surface area contributed by atoms with Gasteiger partial charge < -0.3 is 10.4 Å². The highest BCUT2D eigenvalue weighted by molar-refractivity contribution is 6.30.